The topological polar surface area (TPSA) is 35.5 Å². The normalized spacial score (nSPS) is 10.0. The zero-order chi connectivity index (χ0) is 14.2. The van der Waals surface area contributed by atoms with E-state index < -0.39 is 5.97 Å². The maximum atomic E-state index is 10.8. The van der Waals surface area contributed by atoms with Gasteiger partial charge in [-0.15, -0.1) is 0 Å². The second-order valence-corrected chi connectivity index (χ2v) is 4.20. The first-order chi connectivity index (χ1) is 9.81. The van der Waals surface area contributed by atoms with Gasteiger partial charge in [0.1, 0.15) is 0 Å². The summed E-state index contributed by atoms with van der Waals surface area (Å²) in [6.45, 7) is 3.61. The van der Waals surface area contributed by atoms with Gasteiger partial charge < -0.3 is 0 Å². The fourth-order valence-electron chi connectivity index (χ4n) is 1.92. The van der Waals surface area contributed by atoms with Crippen LogP contribution in [0.3, 0.4) is 0 Å². The van der Waals surface area contributed by atoms with Crippen molar-refractivity contribution in [3.8, 4) is 11.1 Å². The first-order valence-electron chi connectivity index (χ1n) is 6.40. The molecule has 3 nitrogen and oxygen atoms in total. The molecule has 0 aromatic heterocycles. The van der Waals surface area contributed by atoms with E-state index in [1.807, 2.05) is 36.4 Å². The molecule has 0 N–H and O–H groups in total. The van der Waals surface area contributed by atoms with Gasteiger partial charge in [-0.2, -0.15) is 4.89 Å². The summed E-state index contributed by atoms with van der Waals surface area (Å²) in [6, 6.07) is 18.2. The van der Waals surface area contributed by atoms with E-state index in [-0.39, 0.29) is 0 Å². The number of carbonyl (C=O) groups is 1. The lowest BCUT2D eigenvalue weighted by molar-refractivity contribution is -0.266. The Balaban J connectivity index is 2.02. The number of rotatable bonds is 6. The van der Waals surface area contributed by atoms with Crippen molar-refractivity contribution in [2.24, 2.45) is 0 Å². The van der Waals surface area contributed by atoms with E-state index in [1.165, 1.54) is 0 Å². The van der Waals surface area contributed by atoms with Crippen LogP contribution in [0.4, 0.5) is 0 Å². The molecule has 0 saturated heterocycles. The van der Waals surface area contributed by atoms with E-state index in [9.17, 15) is 4.79 Å². The second-order valence-electron chi connectivity index (χ2n) is 4.20. The third-order valence-corrected chi connectivity index (χ3v) is 2.86. The van der Waals surface area contributed by atoms with Gasteiger partial charge in [-0.1, -0.05) is 61.2 Å². The van der Waals surface area contributed by atoms with Gasteiger partial charge in [-0.3, -0.25) is 4.89 Å². The fraction of sp³-hybridized carbons (Fsp3) is 0.118. The molecule has 0 saturated carbocycles. The van der Waals surface area contributed by atoms with Gasteiger partial charge in [-0.25, -0.2) is 4.79 Å². The van der Waals surface area contributed by atoms with Crippen LogP contribution >= 0.6 is 0 Å². The third kappa shape index (κ3) is 3.80. The van der Waals surface area contributed by atoms with Gasteiger partial charge in [0.15, 0.2) is 0 Å². The monoisotopic (exact) mass is 268 g/mol. The molecule has 0 radical (unpaired) electrons. The van der Waals surface area contributed by atoms with Crippen LogP contribution in [0.1, 0.15) is 5.56 Å². The van der Waals surface area contributed by atoms with Gasteiger partial charge in [0.05, 0.1) is 6.61 Å². The van der Waals surface area contributed by atoms with Gasteiger partial charge in [0.25, 0.3) is 0 Å². The van der Waals surface area contributed by atoms with Crippen molar-refractivity contribution in [3.63, 3.8) is 0 Å². The van der Waals surface area contributed by atoms with Crippen LogP contribution in [0.2, 0.25) is 0 Å². The molecule has 0 unspecified atom stereocenters. The molecule has 0 atom stereocenters. The minimum absolute atomic E-state index is 0.309. The molecule has 2 rings (SSSR count). The predicted octanol–water partition coefficient (Wildman–Crippen LogP) is 3.56. The number of hydrogen-bond donors (Lipinski definition) is 0. The molecule has 2 aromatic rings. The van der Waals surface area contributed by atoms with Gasteiger partial charge in [0, 0.05) is 12.5 Å². The van der Waals surface area contributed by atoms with Crippen molar-refractivity contribution < 1.29 is 14.6 Å². The predicted molar refractivity (Wildman–Crippen MR) is 77.8 cm³/mol. The number of hydrogen-bond acceptors (Lipinski definition) is 3. The first-order valence-corrected chi connectivity index (χ1v) is 6.40. The van der Waals surface area contributed by atoms with Crippen LogP contribution < -0.4 is 0 Å². The smallest absolute Gasteiger partial charge is 0.294 e. The summed E-state index contributed by atoms with van der Waals surface area (Å²) >= 11 is 0. The highest BCUT2D eigenvalue weighted by atomic mass is 17.2. The summed E-state index contributed by atoms with van der Waals surface area (Å²) in [5.74, 6) is -0.582. The average molecular weight is 268 g/mol. The van der Waals surface area contributed by atoms with E-state index >= 15 is 0 Å². The highest BCUT2D eigenvalue weighted by molar-refractivity contribution is 5.80. The average Bonchev–Trinajstić information content (AvgIpc) is 2.52. The van der Waals surface area contributed by atoms with Crippen molar-refractivity contribution in [1.29, 1.82) is 0 Å². The van der Waals surface area contributed by atoms with Crippen LogP contribution in [0.15, 0.2) is 67.3 Å². The molecule has 0 spiro atoms. The second kappa shape index (κ2) is 7.26. The molecular weight excluding hydrogens is 252 g/mol. The lowest BCUT2D eigenvalue weighted by Crippen LogP contribution is -2.05. The maximum absolute atomic E-state index is 10.8. The highest BCUT2D eigenvalue weighted by Crippen LogP contribution is 2.23. The maximum Gasteiger partial charge on any atom is 0.365 e. The molecular formula is C17H16O3. The Hall–Kier alpha value is -2.39. The summed E-state index contributed by atoms with van der Waals surface area (Å²) < 4.78 is 0. The lowest BCUT2D eigenvalue weighted by atomic mass is 9.98. The molecule has 0 fully saturated rings. The summed E-state index contributed by atoms with van der Waals surface area (Å²) in [5.41, 5.74) is 3.46. The van der Waals surface area contributed by atoms with Gasteiger partial charge >= 0.3 is 5.97 Å². The lowest BCUT2D eigenvalue weighted by Gasteiger charge is -2.09. The van der Waals surface area contributed by atoms with Gasteiger partial charge in [-0.05, 0) is 16.7 Å². The summed E-state index contributed by atoms with van der Waals surface area (Å²) in [7, 11) is 0. The molecule has 0 aliphatic rings. The molecule has 0 bridgehead atoms. The third-order valence-electron chi connectivity index (χ3n) is 2.86. The Morgan fingerprint density at radius 2 is 1.75 bits per heavy atom. The van der Waals surface area contributed by atoms with Crippen molar-refractivity contribution in [1.82, 2.24) is 0 Å². The minimum atomic E-state index is -0.582. The fourth-order valence-corrected chi connectivity index (χ4v) is 1.92. The summed E-state index contributed by atoms with van der Waals surface area (Å²) in [4.78, 5) is 20.2. The zero-order valence-corrected chi connectivity index (χ0v) is 11.1. The van der Waals surface area contributed by atoms with Crippen LogP contribution in [-0.2, 0) is 21.0 Å². The molecule has 0 amide bonds. The van der Waals surface area contributed by atoms with E-state index in [2.05, 4.69) is 29.7 Å². The molecule has 0 aliphatic carbocycles. The number of carbonyl (C=O) groups excluding carboxylic acids is 1. The van der Waals surface area contributed by atoms with Crippen LogP contribution in [0, 0.1) is 0 Å². The molecule has 0 aliphatic heterocycles. The highest BCUT2D eigenvalue weighted by Gasteiger charge is 2.05. The van der Waals surface area contributed by atoms with Crippen LogP contribution in [0.5, 0.6) is 0 Å². The number of benzene rings is 2. The SMILES string of the molecule is C=CC(=O)OOCCc1ccccc1-c1ccccc1. The van der Waals surface area contributed by atoms with Gasteiger partial charge in [0.2, 0.25) is 0 Å². The molecule has 3 heteroatoms. The van der Waals surface area contributed by atoms with E-state index in [4.69, 9.17) is 4.89 Å². The Labute approximate surface area is 118 Å². The van der Waals surface area contributed by atoms with E-state index in [0.29, 0.717) is 13.0 Å². The Bertz CT molecular complexity index is 576. The van der Waals surface area contributed by atoms with Crippen molar-refractivity contribution >= 4 is 5.97 Å². The van der Waals surface area contributed by atoms with E-state index in [1.54, 1.807) is 0 Å². The van der Waals surface area contributed by atoms with Crippen molar-refractivity contribution in [2.45, 2.75) is 6.42 Å². The Morgan fingerprint density at radius 1 is 1.05 bits per heavy atom. The summed E-state index contributed by atoms with van der Waals surface area (Å²) in [6.07, 6.45) is 1.73. The first kappa shape index (κ1) is 14.0. The summed E-state index contributed by atoms with van der Waals surface area (Å²) in [5, 5.41) is 0. The molecule has 0 heterocycles. The zero-order valence-electron chi connectivity index (χ0n) is 11.1. The molecule has 20 heavy (non-hydrogen) atoms. The van der Waals surface area contributed by atoms with Crippen LogP contribution in [-0.4, -0.2) is 12.6 Å². The Kier molecular flexibility index (Phi) is 5.09. The van der Waals surface area contributed by atoms with Crippen molar-refractivity contribution in [2.75, 3.05) is 6.61 Å². The minimum Gasteiger partial charge on any atom is -0.294 e. The quantitative estimate of drug-likeness (QED) is 0.348. The Morgan fingerprint density at radius 3 is 2.50 bits per heavy atom. The van der Waals surface area contributed by atoms with Crippen molar-refractivity contribution in [3.05, 3.63) is 72.8 Å². The van der Waals surface area contributed by atoms with E-state index in [0.717, 1.165) is 22.8 Å². The molecule has 2 aromatic carbocycles. The standard InChI is InChI=1S/C17H16O3/c1-2-17(18)20-19-13-12-15-10-6-7-11-16(15)14-8-4-3-5-9-14/h2-11H,1,12-13H2. The molecule has 102 valence electrons. The van der Waals surface area contributed by atoms with Crippen LogP contribution in [0.25, 0.3) is 11.1 Å². The largest absolute Gasteiger partial charge is 0.365 e.